The lowest BCUT2D eigenvalue weighted by molar-refractivity contribution is 1.27. The third kappa shape index (κ3) is 6.01. The fourth-order valence-corrected chi connectivity index (χ4v) is 8.52. The van der Waals surface area contributed by atoms with Crippen molar-refractivity contribution in [3.05, 3.63) is 200 Å². The maximum Gasteiger partial charge on any atom is 0.0998 e. The van der Waals surface area contributed by atoms with Crippen molar-refractivity contribution in [2.45, 2.75) is 0 Å². The number of nitriles is 1. The van der Waals surface area contributed by atoms with E-state index in [-0.39, 0.29) is 0 Å². The second-order valence-corrected chi connectivity index (χ2v) is 14.8. The molecule has 11 aromatic rings. The van der Waals surface area contributed by atoms with Crippen LogP contribution in [0.5, 0.6) is 0 Å². The van der Waals surface area contributed by atoms with Gasteiger partial charge in [-0.05, 0) is 122 Å². The number of aromatic nitrogens is 5. The lowest BCUT2D eigenvalue weighted by Crippen LogP contribution is -1.93. The summed E-state index contributed by atoms with van der Waals surface area (Å²) in [6.45, 7) is 0. The predicted octanol–water partition coefficient (Wildman–Crippen LogP) is 13.1. The van der Waals surface area contributed by atoms with Crippen LogP contribution in [0.25, 0.3) is 110 Å². The van der Waals surface area contributed by atoms with Crippen LogP contribution in [0.1, 0.15) is 5.56 Å². The van der Waals surface area contributed by atoms with E-state index in [4.69, 9.17) is 15.0 Å². The van der Waals surface area contributed by atoms with Gasteiger partial charge >= 0.3 is 0 Å². The molecule has 0 unspecified atom stereocenters. The van der Waals surface area contributed by atoms with Gasteiger partial charge in [0.2, 0.25) is 0 Å². The summed E-state index contributed by atoms with van der Waals surface area (Å²) >= 11 is 0. The zero-order valence-corrected chi connectivity index (χ0v) is 32.2. The monoisotopic (exact) mass is 764 g/mol. The Morgan fingerprint density at radius 1 is 0.350 bits per heavy atom. The van der Waals surface area contributed by atoms with Gasteiger partial charge < -0.3 is 0 Å². The topological polar surface area (TPSA) is 88.2 Å². The smallest absolute Gasteiger partial charge is 0.0998 e. The molecule has 0 fully saturated rings. The van der Waals surface area contributed by atoms with Gasteiger partial charge in [-0.15, -0.1) is 0 Å². The van der Waals surface area contributed by atoms with E-state index in [1.807, 2.05) is 85.3 Å². The van der Waals surface area contributed by atoms with E-state index in [2.05, 4.69) is 107 Å². The lowest BCUT2D eigenvalue weighted by atomic mass is 9.89. The summed E-state index contributed by atoms with van der Waals surface area (Å²) in [5, 5.41) is 16.1. The average molecular weight is 765 g/mol. The number of nitrogens with zero attached hydrogens (tertiary/aromatic N) is 6. The second-order valence-electron chi connectivity index (χ2n) is 14.8. The van der Waals surface area contributed by atoms with Crippen LogP contribution in [0.15, 0.2) is 195 Å². The van der Waals surface area contributed by atoms with E-state index >= 15 is 0 Å². The molecule has 0 spiro atoms. The van der Waals surface area contributed by atoms with Crippen LogP contribution < -0.4 is 0 Å². The zero-order chi connectivity index (χ0) is 40.0. The molecular weight excluding hydrogens is 733 g/mol. The third-order valence-electron chi connectivity index (χ3n) is 11.4. The standard InChI is InChI=1S/C54H32N6/c55-32-39-18-19-43(44-11-2-1-10-42(39)44)34-14-16-35(17-15-34)47-30-49-46-13-6-24-59-54(46)48(31-50(49)45-12-5-23-58-53(45)47)38-8-3-7-37(27-38)41-28-51(36-20-25-56-26-21-36)60-52(29-41)40-9-4-22-57-33-40/h1-31,33H. The molecule has 5 aromatic heterocycles. The van der Waals surface area contributed by atoms with Crippen LogP contribution in [0.2, 0.25) is 0 Å². The molecule has 0 amide bonds. The minimum Gasteiger partial charge on any atom is -0.265 e. The molecule has 60 heavy (non-hydrogen) atoms. The van der Waals surface area contributed by atoms with Crippen LogP contribution in [0.4, 0.5) is 0 Å². The van der Waals surface area contributed by atoms with Crippen molar-refractivity contribution in [1.29, 1.82) is 5.26 Å². The van der Waals surface area contributed by atoms with E-state index < -0.39 is 0 Å². The van der Waals surface area contributed by atoms with Crippen LogP contribution >= 0.6 is 0 Å². The van der Waals surface area contributed by atoms with Gasteiger partial charge in [0.15, 0.2) is 0 Å². The molecule has 0 saturated carbocycles. The van der Waals surface area contributed by atoms with Crippen molar-refractivity contribution in [2.24, 2.45) is 0 Å². The molecule has 0 aliphatic carbocycles. The highest BCUT2D eigenvalue weighted by molar-refractivity contribution is 6.22. The van der Waals surface area contributed by atoms with Crippen LogP contribution in [-0.4, -0.2) is 24.9 Å². The third-order valence-corrected chi connectivity index (χ3v) is 11.4. The van der Waals surface area contributed by atoms with Crippen LogP contribution in [0, 0.1) is 11.3 Å². The van der Waals surface area contributed by atoms with Crippen LogP contribution in [-0.2, 0) is 0 Å². The average Bonchev–Trinajstić information content (AvgIpc) is 3.33. The first-order valence-electron chi connectivity index (χ1n) is 19.8. The largest absolute Gasteiger partial charge is 0.265 e. The molecule has 11 rings (SSSR count). The summed E-state index contributed by atoms with van der Waals surface area (Å²) in [5.74, 6) is 0. The van der Waals surface area contributed by atoms with Crippen molar-refractivity contribution < 1.29 is 0 Å². The summed E-state index contributed by atoms with van der Waals surface area (Å²) in [6.07, 6.45) is 11.0. The van der Waals surface area contributed by atoms with Gasteiger partial charge in [0.1, 0.15) is 0 Å². The van der Waals surface area contributed by atoms with Gasteiger partial charge in [0, 0.05) is 75.6 Å². The summed E-state index contributed by atoms with van der Waals surface area (Å²) in [6, 6.07) is 57.0. The minimum atomic E-state index is 0.678. The normalized spacial score (nSPS) is 11.3. The molecule has 0 aliphatic heterocycles. The maximum atomic E-state index is 9.73. The first-order chi connectivity index (χ1) is 29.7. The molecule has 6 aromatic carbocycles. The molecule has 0 radical (unpaired) electrons. The van der Waals surface area contributed by atoms with Gasteiger partial charge in [-0.25, -0.2) is 4.98 Å². The predicted molar refractivity (Wildman–Crippen MR) is 243 cm³/mol. The first kappa shape index (κ1) is 34.8. The Balaban J connectivity index is 1.05. The van der Waals surface area contributed by atoms with Crippen molar-refractivity contribution in [3.63, 3.8) is 0 Å². The van der Waals surface area contributed by atoms with Crippen molar-refractivity contribution >= 4 is 43.4 Å². The van der Waals surface area contributed by atoms with Gasteiger partial charge in [0.05, 0.1) is 34.1 Å². The fraction of sp³-hybridized carbons (Fsp3) is 0. The lowest BCUT2D eigenvalue weighted by Gasteiger charge is -2.16. The quantitative estimate of drug-likeness (QED) is 0.157. The molecule has 6 heteroatoms. The summed E-state index contributed by atoms with van der Waals surface area (Å²) in [5.41, 5.74) is 14.8. The molecule has 5 heterocycles. The molecule has 6 nitrogen and oxygen atoms in total. The fourth-order valence-electron chi connectivity index (χ4n) is 8.52. The number of hydrogen-bond acceptors (Lipinski definition) is 6. The Morgan fingerprint density at radius 3 is 1.63 bits per heavy atom. The Bertz CT molecular complexity index is 3430. The molecule has 0 aliphatic rings. The Hall–Kier alpha value is -8.40. The van der Waals surface area contributed by atoms with E-state index in [9.17, 15) is 5.26 Å². The van der Waals surface area contributed by atoms with Crippen molar-refractivity contribution in [3.8, 4) is 73.1 Å². The molecule has 0 atom stereocenters. The summed E-state index contributed by atoms with van der Waals surface area (Å²) in [4.78, 5) is 23.7. The Morgan fingerprint density at radius 2 is 0.950 bits per heavy atom. The highest BCUT2D eigenvalue weighted by Crippen LogP contribution is 2.42. The van der Waals surface area contributed by atoms with Gasteiger partial charge in [0.25, 0.3) is 0 Å². The van der Waals surface area contributed by atoms with Crippen molar-refractivity contribution in [2.75, 3.05) is 0 Å². The Kier molecular flexibility index (Phi) is 8.42. The molecular formula is C54H32N6. The maximum absolute atomic E-state index is 9.73. The second kappa shape index (κ2) is 14.5. The van der Waals surface area contributed by atoms with E-state index in [1.54, 1.807) is 18.6 Å². The number of rotatable bonds is 6. The van der Waals surface area contributed by atoms with E-state index in [1.165, 1.54) is 0 Å². The highest BCUT2D eigenvalue weighted by atomic mass is 14.7. The van der Waals surface area contributed by atoms with Crippen molar-refractivity contribution in [1.82, 2.24) is 24.9 Å². The number of hydrogen-bond donors (Lipinski definition) is 0. The van der Waals surface area contributed by atoms with Gasteiger partial charge in [-0.2, -0.15) is 5.26 Å². The van der Waals surface area contributed by atoms with Gasteiger partial charge in [-0.3, -0.25) is 19.9 Å². The number of fused-ring (bicyclic) bond motifs is 6. The number of benzene rings is 6. The van der Waals surface area contributed by atoms with Gasteiger partial charge in [-0.1, -0.05) is 84.9 Å². The first-order valence-corrected chi connectivity index (χ1v) is 19.8. The van der Waals surface area contributed by atoms with E-state index in [0.29, 0.717) is 5.56 Å². The molecule has 0 N–H and O–H groups in total. The Labute approximate surface area is 345 Å². The number of pyridine rings is 5. The summed E-state index contributed by atoms with van der Waals surface area (Å²) in [7, 11) is 0. The molecule has 278 valence electrons. The van der Waals surface area contributed by atoms with E-state index in [0.717, 1.165) is 110 Å². The minimum absolute atomic E-state index is 0.678. The molecule has 0 bridgehead atoms. The SMILES string of the molecule is N#Cc1ccc(-c2ccc(-c3cc4c5cccnc5c(-c5cccc(-c6cc(-c7ccncc7)nc(-c7cccnc7)c6)c5)cc4c4cccnc34)cc2)c2ccccc12. The molecule has 0 saturated heterocycles. The highest BCUT2D eigenvalue weighted by Gasteiger charge is 2.18. The zero-order valence-electron chi connectivity index (χ0n) is 32.2. The van der Waals surface area contributed by atoms with Crippen LogP contribution in [0.3, 0.4) is 0 Å². The summed E-state index contributed by atoms with van der Waals surface area (Å²) < 4.78 is 0.